The van der Waals surface area contributed by atoms with Crippen molar-refractivity contribution >= 4 is 17.5 Å². The predicted octanol–water partition coefficient (Wildman–Crippen LogP) is 2.02. The molecule has 2 amide bonds. The number of imide groups is 1. The Morgan fingerprint density at radius 3 is 1.86 bits per heavy atom. The Hall–Kier alpha value is -2.30. The van der Waals surface area contributed by atoms with Crippen molar-refractivity contribution in [2.45, 2.75) is 6.42 Å². The van der Waals surface area contributed by atoms with Crippen molar-refractivity contribution in [3.05, 3.63) is 30.4 Å². The van der Waals surface area contributed by atoms with Crippen LogP contribution in [0.4, 0.5) is 5.69 Å². The molecule has 2 bridgehead atoms. The van der Waals surface area contributed by atoms with Crippen molar-refractivity contribution in [2.24, 2.45) is 23.7 Å². The fourth-order valence-corrected chi connectivity index (χ4v) is 4.08. The van der Waals surface area contributed by atoms with Gasteiger partial charge in [-0.05, 0) is 18.3 Å². The lowest BCUT2D eigenvalue weighted by Gasteiger charge is -2.18. The molecule has 1 saturated carbocycles. The van der Waals surface area contributed by atoms with Crippen molar-refractivity contribution < 1.29 is 19.1 Å². The van der Waals surface area contributed by atoms with Gasteiger partial charge in [0.1, 0.15) is 11.5 Å². The number of benzene rings is 1. The zero-order valence-electron chi connectivity index (χ0n) is 12.5. The number of hydrogen-bond donors (Lipinski definition) is 0. The third-order valence-electron chi connectivity index (χ3n) is 5.06. The summed E-state index contributed by atoms with van der Waals surface area (Å²) in [5.74, 6) is 0.970. The van der Waals surface area contributed by atoms with Gasteiger partial charge >= 0.3 is 0 Å². The molecule has 2 aliphatic carbocycles. The predicted molar refractivity (Wildman–Crippen MR) is 79.8 cm³/mol. The molecule has 0 aromatic heterocycles. The summed E-state index contributed by atoms with van der Waals surface area (Å²) < 4.78 is 10.5. The molecule has 0 N–H and O–H groups in total. The summed E-state index contributed by atoms with van der Waals surface area (Å²) in [6.07, 6.45) is 5.11. The van der Waals surface area contributed by atoms with Crippen molar-refractivity contribution in [1.82, 2.24) is 0 Å². The number of carbonyl (C=O) groups excluding carboxylic acids is 2. The number of allylic oxidation sites excluding steroid dienone is 2. The molecular weight excluding hydrogens is 282 g/mol. The monoisotopic (exact) mass is 299 g/mol. The minimum absolute atomic E-state index is 0.0952. The van der Waals surface area contributed by atoms with Gasteiger partial charge in [0.25, 0.3) is 0 Å². The summed E-state index contributed by atoms with van der Waals surface area (Å²) in [5, 5.41) is 0. The van der Waals surface area contributed by atoms with Gasteiger partial charge in [-0.3, -0.25) is 9.59 Å². The fourth-order valence-electron chi connectivity index (χ4n) is 4.08. The van der Waals surface area contributed by atoms with Crippen LogP contribution >= 0.6 is 0 Å². The Morgan fingerprint density at radius 2 is 1.41 bits per heavy atom. The number of methoxy groups -OCH3 is 2. The molecule has 3 aliphatic rings. The first-order chi connectivity index (χ1) is 10.6. The van der Waals surface area contributed by atoms with Crippen LogP contribution in [0.15, 0.2) is 30.4 Å². The molecule has 0 radical (unpaired) electrons. The van der Waals surface area contributed by atoms with E-state index in [4.69, 9.17) is 9.47 Å². The number of nitrogens with zero attached hydrogens (tertiary/aromatic N) is 1. The molecule has 5 heteroatoms. The molecule has 4 atom stereocenters. The van der Waals surface area contributed by atoms with Crippen LogP contribution in [0.2, 0.25) is 0 Å². The lowest BCUT2D eigenvalue weighted by molar-refractivity contribution is -0.123. The topological polar surface area (TPSA) is 55.8 Å². The van der Waals surface area contributed by atoms with Gasteiger partial charge in [-0.2, -0.15) is 0 Å². The molecule has 1 saturated heterocycles. The van der Waals surface area contributed by atoms with Crippen molar-refractivity contribution in [2.75, 3.05) is 19.1 Å². The Morgan fingerprint density at radius 1 is 0.909 bits per heavy atom. The molecule has 4 unspecified atom stereocenters. The van der Waals surface area contributed by atoms with Crippen LogP contribution in [-0.2, 0) is 9.59 Å². The van der Waals surface area contributed by atoms with E-state index < -0.39 is 0 Å². The van der Waals surface area contributed by atoms with Gasteiger partial charge in [-0.25, -0.2) is 4.90 Å². The molecule has 2 fully saturated rings. The summed E-state index contributed by atoms with van der Waals surface area (Å²) in [4.78, 5) is 26.9. The van der Waals surface area contributed by atoms with E-state index in [9.17, 15) is 9.59 Å². The van der Waals surface area contributed by atoms with Crippen LogP contribution in [0, 0.1) is 23.7 Å². The molecule has 1 heterocycles. The third kappa shape index (κ3) is 1.65. The zero-order valence-corrected chi connectivity index (χ0v) is 12.5. The van der Waals surface area contributed by atoms with Crippen LogP contribution in [0.1, 0.15) is 6.42 Å². The zero-order chi connectivity index (χ0) is 15.4. The molecule has 4 rings (SSSR count). The summed E-state index contributed by atoms with van der Waals surface area (Å²) in [6, 6.07) is 5.13. The van der Waals surface area contributed by atoms with Crippen LogP contribution in [0.3, 0.4) is 0 Å². The smallest absolute Gasteiger partial charge is 0.238 e. The van der Waals surface area contributed by atoms with Crippen molar-refractivity contribution in [3.63, 3.8) is 0 Å². The number of fused-ring (bicyclic) bond motifs is 5. The lowest BCUT2D eigenvalue weighted by atomic mass is 9.85. The van der Waals surface area contributed by atoms with E-state index in [0.717, 1.165) is 6.42 Å². The van der Waals surface area contributed by atoms with E-state index in [2.05, 4.69) is 12.2 Å². The van der Waals surface area contributed by atoms with Crippen LogP contribution in [-0.4, -0.2) is 26.0 Å². The first kappa shape index (κ1) is 13.4. The summed E-state index contributed by atoms with van der Waals surface area (Å²) in [6.45, 7) is 0. The first-order valence-electron chi connectivity index (χ1n) is 7.43. The van der Waals surface area contributed by atoms with Crippen LogP contribution in [0.25, 0.3) is 0 Å². The highest BCUT2D eigenvalue weighted by atomic mass is 16.5. The quantitative estimate of drug-likeness (QED) is 0.633. The second-order valence-corrected chi connectivity index (χ2v) is 6.08. The standard InChI is InChI=1S/C17H17NO4/c1-21-12-6-11(7-13(8-12)22-2)18-16(19)14-9-3-4-10(5-9)15(14)17(18)20/h3-4,6-10,14-15H,5H2,1-2H3. The maximum absolute atomic E-state index is 12.8. The Kier molecular flexibility index (Phi) is 2.79. The van der Waals surface area contributed by atoms with Crippen molar-refractivity contribution in [1.29, 1.82) is 0 Å². The average molecular weight is 299 g/mol. The molecule has 5 nitrogen and oxygen atoms in total. The molecule has 1 aliphatic heterocycles. The van der Waals surface area contributed by atoms with E-state index in [1.54, 1.807) is 32.4 Å². The SMILES string of the molecule is COc1cc(OC)cc(N2C(=O)C3C4C=CC(C4)C3C2=O)c1. The van der Waals surface area contributed by atoms with Gasteiger partial charge in [0, 0.05) is 18.2 Å². The van der Waals surface area contributed by atoms with E-state index in [1.165, 1.54) is 4.90 Å². The summed E-state index contributed by atoms with van der Waals surface area (Å²) >= 11 is 0. The summed E-state index contributed by atoms with van der Waals surface area (Å²) in [5.41, 5.74) is 0.528. The second-order valence-electron chi connectivity index (χ2n) is 6.08. The minimum Gasteiger partial charge on any atom is -0.497 e. The van der Waals surface area contributed by atoms with Crippen LogP contribution in [0.5, 0.6) is 11.5 Å². The number of ether oxygens (including phenoxy) is 2. The highest BCUT2D eigenvalue weighted by Crippen LogP contribution is 2.53. The summed E-state index contributed by atoms with van der Waals surface area (Å²) in [7, 11) is 3.09. The molecule has 0 spiro atoms. The lowest BCUT2D eigenvalue weighted by Crippen LogP contribution is -2.32. The van der Waals surface area contributed by atoms with Gasteiger partial charge in [-0.15, -0.1) is 0 Å². The van der Waals surface area contributed by atoms with Crippen molar-refractivity contribution in [3.8, 4) is 11.5 Å². The van der Waals surface area contributed by atoms with Gasteiger partial charge in [-0.1, -0.05) is 12.2 Å². The highest BCUT2D eigenvalue weighted by Gasteiger charge is 2.59. The van der Waals surface area contributed by atoms with E-state index in [1.807, 2.05) is 0 Å². The third-order valence-corrected chi connectivity index (χ3v) is 5.06. The van der Waals surface area contributed by atoms with Gasteiger partial charge in [0.05, 0.1) is 31.7 Å². The maximum atomic E-state index is 12.8. The molecular formula is C17H17NO4. The van der Waals surface area contributed by atoms with E-state index in [0.29, 0.717) is 17.2 Å². The Balaban J connectivity index is 1.75. The number of amides is 2. The molecule has 1 aromatic carbocycles. The van der Waals surface area contributed by atoms with Gasteiger partial charge in [0.15, 0.2) is 0 Å². The highest BCUT2D eigenvalue weighted by molar-refractivity contribution is 6.23. The van der Waals surface area contributed by atoms with E-state index >= 15 is 0 Å². The fraction of sp³-hybridized carbons (Fsp3) is 0.412. The number of rotatable bonds is 3. The Bertz CT molecular complexity index is 644. The second kappa shape index (κ2) is 4.60. The molecule has 22 heavy (non-hydrogen) atoms. The minimum atomic E-state index is -0.195. The van der Waals surface area contributed by atoms with Gasteiger partial charge < -0.3 is 9.47 Å². The number of carbonyl (C=O) groups is 2. The first-order valence-corrected chi connectivity index (χ1v) is 7.43. The molecule has 1 aromatic rings. The Labute approximate surface area is 128 Å². The normalized spacial score (nSPS) is 31.8. The van der Waals surface area contributed by atoms with Crippen LogP contribution < -0.4 is 14.4 Å². The van der Waals surface area contributed by atoms with E-state index in [-0.39, 0.29) is 35.5 Å². The maximum Gasteiger partial charge on any atom is 0.238 e. The average Bonchev–Trinajstić information content (AvgIpc) is 3.20. The van der Waals surface area contributed by atoms with Gasteiger partial charge in [0.2, 0.25) is 11.8 Å². The number of anilines is 1. The molecule has 114 valence electrons. The largest absolute Gasteiger partial charge is 0.497 e. The number of hydrogen-bond acceptors (Lipinski definition) is 4.